The van der Waals surface area contributed by atoms with Crippen LogP contribution in [0.2, 0.25) is 0 Å². The van der Waals surface area contributed by atoms with Gasteiger partial charge in [-0.05, 0) is 0 Å². The normalized spacial score (nSPS) is 26.7. The van der Waals surface area contributed by atoms with E-state index in [0.717, 1.165) is 0 Å². The molecule has 1 aliphatic heterocycles. The van der Waals surface area contributed by atoms with Gasteiger partial charge in [-0.2, -0.15) is 4.98 Å². The Morgan fingerprint density at radius 2 is 2.08 bits per heavy atom. The van der Waals surface area contributed by atoms with E-state index in [1.54, 1.807) is 0 Å². The number of rotatable bonds is 4. The number of hydrogen-bond acceptors (Lipinski definition) is 9. The molecular formula is C10H16CaN5O8P. The number of nitrogens with two attached hydrogens (primary N) is 1. The van der Waals surface area contributed by atoms with Gasteiger partial charge in [-0.1, -0.05) is 0 Å². The summed E-state index contributed by atoms with van der Waals surface area (Å²) in [5.74, 6) is -0.177. The first-order chi connectivity index (χ1) is 11.2. The predicted octanol–water partition coefficient (Wildman–Crippen LogP) is -3.49. The van der Waals surface area contributed by atoms with E-state index in [0.29, 0.717) is 0 Å². The summed E-state index contributed by atoms with van der Waals surface area (Å²) in [6.07, 6.45) is -4.22. The van der Waals surface area contributed by atoms with Gasteiger partial charge >= 0.3 is 45.6 Å². The zero-order chi connectivity index (χ0) is 17.6. The average molecular weight is 405 g/mol. The van der Waals surface area contributed by atoms with Crippen LogP contribution < -0.4 is 11.3 Å². The topological polar surface area (TPSA) is 206 Å². The third-order valence-electron chi connectivity index (χ3n) is 3.47. The minimum absolute atomic E-state index is 0. The second-order valence-corrected chi connectivity index (χ2v) is 6.35. The number of nitrogens with one attached hydrogen (secondary N) is 1. The summed E-state index contributed by atoms with van der Waals surface area (Å²) in [6, 6.07) is 0. The fourth-order valence-corrected chi connectivity index (χ4v) is 2.74. The number of imidazole rings is 1. The molecule has 3 rings (SSSR count). The molecule has 0 aromatic carbocycles. The van der Waals surface area contributed by atoms with Crippen molar-refractivity contribution in [1.82, 2.24) is 19.5 Å². The van der Waals surface area contributed by atoms with E-state index in [1.165, 1.54) is 10.9 Å². The molecule has 0 bridgehead atoms. The Balaban J connectivity index is 0.00000225. The zero-order valence-corrected chi connectivity index (χ0v) is 12.8. The van der Waals surface area contributed by atoms with Crippen molar-refractivity contribution < 1.29 is 33.8 Å². The van der Waals surface area contributed by atoms with Crippen molar-refractivity contribution in [3.8, 4) is 0 Å². The first-order valence-electron chi connectivity index (χ1n) is 6.61. The van der Waals surface area contributed by atoms with E-state index >= 15 is 0 Å². The maximum atomic E-state index is 11.7. The van der Waals surface area contributed by atoms with E-state index in [2.05, 4.69) is 19.5 Å². The summed E-state index contributed by atoms with van der Waals surface area (Å²) in [4.78, 5) is 39.1. The van der Waals surface area contributed by atoms with Crippen molar-refractivity contribution in [1.29, 1.82) is 0 Å². The fraction of sp³-hybridized carbons (Fsp3) is 0.500. The van der Waals surface area contributed by atoms with Crippen molar-refractivity contribution in [3.05, 3.63) is 16.7 Å². The van der Waals surface area contributed by atoms with Crippen LogP contribution in [0.25, 0.3) is 11.2 Å². The maximum absolute atomic E-state index is 11.7. The van der Waals surface area contributed by atoms with Gasteiger partial charge in [0.25, 0.3) is 5.56 Å². The van der Waals surface area contributed by atoms with Gasteiger partial charge in [0.15, 0.2) is 17.4 Å². The third-order valence-corrected chi connectivity index (χ3v) is 3.95. The molecule has 136 valence electrons. The van der Waals surface area contributed by atoms with Crippen molar-refractivity contribution in [2.75, 3.05) is 12.3 Å². The van der Waals surface area contributed by atoms with Crippen molar-refractivity contribution in [3.63, 3.8) is 0 Å². The van der Waals surface area contributed by atoms with Crippen LogP contribution >= 0.6 is 7.82 Å². The number of phosphoric acid groups is 1. The number of hydrogen-bond donors (Lipinski definition) is 6. The van der Waals surface area contributed by atoms with Gasteiger partial charge in [0, 0.05) is 0 Å². The van der Waals surface area contributed by atoms with Gasteiger partial charge < -0.3 is 30.5 Å². The predicted molar refractivity (Wildman–Crippen MR) is 85.0 cm³/mol. The standard InChI is InChI=1S/C10H14N5O8P.Ca.2H/c11-10-13-7-4(8(18)14-10)12-2-15(7)9-6(17)5(16)3(23-9)1-22-24(19,20)21;;;/h2-3,5-6,9,16-17H,1H2,(H2,19,20,21)(H3,11,13,14,18);;;/t3-,5-,6-,9-;;;/m1.../s1. The molecule has 0 unspecified atom stereocenters. The van der Waals surface area contributed by atoms with Crippen molar-refractivity contribution in [2.24, 2.45) is 0 Å². The molecule has 7 N–H and O–H groups in total. The van der Waals surface area contributed by atoms with Gasteiger partial charge in [0.2, 0.25) is 5.95 Å². The molecule has 0 radical (unpaired) electrons. The number of anilines is 1. The summed E-state index contributed by atoms with van der Waals surface area (Å²) < 4.78 is 21.6. The number of aliphatic hydroxyl groups excluding tert-OH is 2. The number of nitrogen functional groups attached to an aromatic ring is 1. The van der Waals surface area contributed by atoms with E-state index in [4.69, 9.17) is 20.3 Å². The Kier molecular flexibility index (Phi) is 6.26. The molecule has 1 fully saturated rings. The summed E-state index contributed by atoms with van der Waals surface area (Å²) >= 11 is 0. The monoisotopic (exact) mass is 405 g/mol. The SMILES string of the molecule is Nc1nc2c(ncn2[C@@H]2O[C@H](COP(=O)(O)O)[C@@H](O)[C@H]2O)c(=O)[nH]1.[CaH2]. The second-order valence-electron chi connectivity index (χ2n) is 5.11. The first-order valence-corrected chi connectivity index (χ1v) is 8.14. The summed E-state index contributed by atoms with van der Waals surface area (Å²) in [5, 5.41) is 20.1. The molecule has 2 aromatic heterocycles. The van der Waals surface area contributed by atoms with Crippen LogP contribution in [0.4, 0.5) is 5.95 Å². The third kappa shape index (κ3) is 4.22. The molecule has 13 nitrogen and oxygen atoms in total. The molecule has 15 heteroatoms. The molecule has 3 heterocycles. The number of fused-ring (bicyclic) bond motifs is 1. The molecule has 0 spiro atoms. The zero-order valence-electron chi connectivity index (χ0n) is 11.9. The Hall–Kier alpha value is -0.600. The molecule has 0 aliphatic carbocycles. The van der Waals surface area contributed by atoms with E-state index in [-0.39, 0.29) is 54.9 Å². The van der Waals surface area contributed by atoms with Gasteiger partial charge in [-0.25, -0.2) is 9.55 Å². The average Bonchev–Trinajstić information content (AvgIpc) is 3.00. The number of nitrogens with zero attached hydrogens (tertiary/aromatic N) is 3. The number of aromatic amines is 1. The number of H-pyrrole nitrogens is 1. The number of aromatic nitrogens is 4. The van der Waals surface area contributed by atoms with Crippen molar-refractivity contribution in [2.45, 2.75) is 24.5 Å². The Bertz CT molecular complexity index is 867. The summed E-state index contributed by atoms with van der Waals surface area (Å²) in [6.45, 7) is -0.651. The first kappa shape index (κ1) is 20.7. The Morgan fingerprint density at radius 3 is 2.72 bits per heavy atom. The fourth-order valence-electron chi connectivity index (χ4n) is 2.40. The Morgan fingerprint density at radius 1 is 1.40 bits per heavy atom. The van der Waals surface area contributed by atoms with Gasteiger partial charge in [0.1, 0.15) is 18.3 Å². The van der Waals surface area contributed by atoms with E-state index in [1.807, 2.05) is 0 Å². The molecule has 25 heavy (non-hydrogen) atoms. The molecule has 0 saturated carbocycles. The number of phosphoric ester groups is 1. The molecule has 2 aromatic rings. The quantitative estimate of drug-likeness (QED) is 0.217. The van der Waals surface area contributed by atoms with Crippen LogP contribution in [-0.4, -0.2) is 102 Å². The summed E-state index contributed by atoms with van der Waals surface area (Å²) in [7, 11) is -4.76. The van der Waals surface area contributed by atoms with Crippen LogP contribution in [0.3, 0.4) is 0 Å². The second kappa shape index (κ2) is 7.56. The molecule has 1 aliphatic rings. The van der Waals surface area contributed by atoms with Crippen molar-refractivity contribution >= 4 is 62.7 Å². The molecular weight excluding hydrogens is 389 g/mol. The minimum atomic E-state index is -4.76. The van der Waals surface area contributed by atoms with E-state index < -0.39 is 44.5 Å². The number of ether oxygens (including phenoxy) is 1. The van der Waals surface area contributed by atoms with Crippen LogP contribution in [0.15, 0.2) is 11.1 Å². The molecule has 1 saturated heterocycles. The number of aliphatic hydroxyl groups is 2. The summed E-state index contributed by atoms with van der Waals surface area (Å²) in [5.41, 5.74) is 4.84. The Labute approximate surface area is 169 Å². The van der Waals surface area contributed by atoms with Gasteiger partial charge in [0.05, 0.1) is 12.9 Å². The van der Waals surface area contributed by atoms with Crippen LogP contribution in [-0.2, 0) is 13.8 Å². The molecule has 4 atom stereocenters. The van der Waals surface area contributed by atoms with Gasteiger partial charge in [-0.3, -0.25) is 18.9 Å². The van der Waals surface area contributed by atoms with Gasteiger partial charge in [-0.15, -0.1) is 0 Å². The van der Waals surface area contributed by atoms with E-state index in [9.17, 15) is 19.6 Å². The van der Waals surface area contributed by atoms with Crippen LogP contribution in [0.5, 0.6) is 0 Å². The molecule has 0 amide bonds. The van der Waals surface area contributed by atoms with Crippen LogP contribution in [0.1, 0.15) is 6.23 Å². The van der Waals surface area contributed by atoms with Crippen LogP contribution in [0, 0.1) is 0 Å².